The van der Waals surface area contributed by atoms with Crippen molar-refractivity contribution in [1.29, 1.82) is 0 Å². The smallest absolute Gasteiger partial charge is 0.328 e. The van der Waals surface area contributed by atoms with Crippen molar-refractivity contribution >= 4 is 0 Å². The lowest BCUT2D eigenvalue weighted by molar-refractivity contribution is 0.485. The largest absolute Gasteiger partial charge is 0.330 e. The number of allylic oxidation sites excluding steroid dienone is 1. The molecule has 0 spiro atoms. The zero-order chi connectivity index (χ0) is 11.3. The number of nitrogens with two attached hydrogens (primary N) is 1. The van der Waals surface area contributed by atoms with E-state index < -0.39 is 5.69 Å². The summed E-state index contributed by atoms with van der Waals surface area (Å²) >= 11 is 0. The third-order valence-corrected chi connectivity index (χ3v) is 2.20. The predicted molar refractivity (Wildman–Crippen MR) is 58.7 cm³/mol. The molecular weight excluding hydrogens is 194 g/mol. The number of hydrogen-bond donors (Lipinski definition) is 2. The first-order valence-electron chi connectivity index (χ1n) is 4.79. The van der Waals surface area contributed by atoms with Crippen LogP contribution in [0.15, 0.2) is 34.5 Å². The maximum Gasteiger partial charge on any atom is 0.328 e. The molecule has 82 valence electrons. The molecule has 1 aromatic rings. The van der Waals surface area contributed by atoms with Gasteiger partial charge in [0, 0.05) is 18.8 Å². The van der Waals surface area contributed by atoms with Crippen LogP contribution >= 0.6 is 0 Å². The van der Waals surface area contributed by atoms with Crippen LogP contribution in [0.3, 0.4) is 0 Å². The third-order valence-electron chi connectivity index (χ3n) is 2.20. The molecule has 1 heterocycles. The Labute approximate surface area is 87.2 Å². The van der Waals surface area contributed by atoms with E-state index in [-0.39, 0.29) is 11.5 Å². The second kappa shape index (κ2) is 5.31. The number of aromatic nitrogens is 2. The number of nitrogens with zero attached hydrogens (tertiary/aromatic N) is 1. The Morgan fingerprint density at radius 1 is 1.60 bits per heavy atom. The zero-order valence-corrected chi connectivity index (χ0v) is 8.48. The topological polar surface area (TPSA) is 80.9 Å². The van der Waals surface area contributed by atoms with E-state index in [9.17, 15) is 9.59 Å². The fraction of sp³-hybridized carbons (Fsp3) is 0.400. The Morgan fingerprint density at radius 3 is 2.87 bits per heavy atom. The van der Waals surface area contributed by atoms with Gasteiger partial charge in [-0.3, -0.25) is 9.78 Å². The molecule has 0 aliphatic carbocycles. The van der Waals surface area contributed by atoms with Gasteiger partial charge in [-0.15, -0.1) is 6.58 Å². The summed E-state index contributed by atoms with van der Waals surface area (Å²) in [5.41, 5.74) is 4.65. The molecule has 0 fully saturated rings. The minimum Gasteiger partial charge on any atom is -0.330 e. The van der Waals surface area contributed by atoms with Crippen molar-refractivity contribution in [2.75, 3.05) is 6.54 Å². The van der Waals surface area contributed by atoms with Gasteiger partial charge >= 0.3 is 5.69 Å². The molecule has 0 radical (unpaired) electrons. The van der Waals surface area contributed by atoms with Crippen LogP contribution in [0.4, 0.5) is 0 Å². The van der Waals surface area contributed by atoms with Crippen LogP contribution in [-0.4, -0.2) is 16.1 Å². The lowest BCUT2D eigenvalue weighted by Gasteiger charge is -2.12. The van der Waals surface area contributed by atoms with Gasteiger partial charge in [-0.1, -0.05) is 6.08 Å². The second-order valence-electron chi connectivity index (χ2n) is 3.34. The molecule has 0 saturated heterocycles. The maximum atomic E-state index is 11.3. The summed E-state index contributed by atoms with van der Waals surface area (Å²) in [6.07, 6.45) is 4.02. The highest BCUT2D eigenvalue weighted by Gasteiger charge is 2.05. The van der Waals surface area contributed by atoms with Gasteiger partial charge in [0.05, 0.1) is 0 Å². The molecule has 3 N–H and O–H groups in total. The average molecular weight is 209 g/mol. The number of rotatable bonds is 5. The Kier molecular flexibility index (Phi) is 4.05. The van der Waals surface area contributed by atoms with Gasteiger partial charge in [0.25, 0.3) is 5.56 Å². The van der Waals surface area contributed by atoms with E-state index in [0.29, 0.717) is 13.1 Å². The van der Waals surface area contributed by atoms with E-state index in [1.54, 1.807) is 6.08 Å². The van der Waals surface area contributed by atoms with E-state index in [2.05, 4.69) is 11.6 Å². The van der Waals surface area contributed by atoms with Crippen LogP contribution in [0, 0.1) is 5.92 Å². The van der Waals surface area contributed by atoms with Gasteiger partial charge in [0.1, 0.15) is 0 Å². The lowest BCUT2D eigenvalue weighted by atomic mass is 10.1. The van der Waals surface area contributed by atoms with Crippen LogP contribution in [-0.2, 0) is 6.54 Å². The summed E-state index contributed by atoms with van der Waals surface area (Å²) in [7, 11) is 0. The van der Waals surface area contributed by atoms with E-state index in [1.165, 1.54) is 16.8 Å². The molecule has 5 heteroatoms. The van der Waals surface area contributed by atoms with Gasteiger partial charge in [0.2, 0.25) is 0 Å². The molecule has 0 aliphatic heterocycles. The van der Waals surface area contributed by atoms with Crippen molar-refractivity contribution in [2.45, 2.75) is 13.0 Å². The van der Waals surface area contributed by atoms with Crippen molar-refractivity contribution < 1.29 is 0 Å². The Bertz CT molecular complexity index is 433. The van der Waals surface area contributed by atoms with Crippen LogP contribution in [0.1, 0.15) is 6.42 Å². The fourth-order valence-corrected chi connectivity index (χ4v) is 1.34. The van der Waals surface area contributed by atoms with Crippen molar-refractivity contribution in [3.05, 3.63) is 45.8 Å². The number of aromatic amines is 1. The van der Waals surface area contributed by atoms with E-state index in [1.807, 2.05) is 0 Å². The molecule has 5 nitrogen and oxygen atoms in total. The summed E-state index contributed by atoms with van der Waals surface area (Å²) in [4.78, 5) is 24.3. The Hall–Kier alpha value is -1.62. The van der Waals surface area contributed by atoms with Crippen molar-refractivity contribution in [2.24, 2.45) is 11.7 Å². The Morgan fingerprint density at radius 2 is 2.33 bits per heavy atom. The van der Waals surface area contributed by atoms with Crippen LogP contribution < -0.4 is 17.0 Å². The molecule has 1 unspecified atom stereocenters. The van der Waals surface area contributed by atoms with Crippen molar-refractivity contribution in [3.63, 3.8) is 0 Å². The highest BCUT2D eigenvalue weighted by molar-refractivity contribution is 4.86. The molecule has 15 heavy (non-hydrogen) atoms. The normalized spacial score (nSPS) is 12.3. The molecule has 0 aromatic carbocycles. The summed E-state index contributed by atoms with van der Waals surface area (Å²) in [6, 6.07) is 1.32. The minimum absolute atomic E-state index is 0.151. The first kappa shape index (κ1) is 11.5. The Balaban J connectivity index is 2.83. The van der Waals surface area contributed by atoms with Crippen LogP contribution in [0.2, 0.25) is 0 Å². The second-order valence-corrected chi connectivity index (χ2v) is 3.34. The van der Waals surface area contributed by atoms with Gasteiger partial charge in [-0.2, -0.15) is 0 Å². The number of nitrogens with one attached hydrogen (secondary N) is 1. The van der Waals surface area contributed by atoms with E-state index in [4.69, 9.17) is 5.73 Å². The first-order chi connectivity index (χ1) is 7.17. The number of hydrogen-bond acceptors (Lipinski definition) is 3. The SMILES string of the molecule is C=CC(CCN)Cn1ccc(=O)[nH]c1=O. The van der Waals surface area contributed by atoms with Gasteiger partial charge in [-0.05, 0) is 18.9 Å². The quantitative estimate of drug-likeness (QED) is 0.652. The highest BCUT2D eigenvalue weighted by Crippen LogP contribution is 2.04. The maximum absolute atomic E-state index is 11.3. The lowest BCUT2D eigenvalue weighted by Crippen LogP contribution is -2.30. The molecule has 0 bridgehead atoms. The first-order valence-corrected chi connectivity index (χ1v) is 4.79. The average Bonchev–Trinajstić information content (AvgIpc) is 2.21. The predicted octanol–water partition coefficient (Wildman–Crippen LogP) is -0.312. The summed E-state index contributed by atoms with van der Waals surface area (Å²) < 4.78 is 1.45. The van der Waals surface area contributed by atoms with Crippen molar-refractivity contribution in [3.8, 4) is 0 Å². The highest BCUT2D eigenvalue weighted by atomic mass is 16.2. The molecule has 1 atom stereocenters. The van der Waals surface area contributed by atoms with E-state index in [0.717, 1.165) is 6.42 Å². The van der Waals surface area contributed by atoms with Gasteiger partial charge in [-0.25, -0.2) is 4.79 Å². The standard InChI is InChI=1S/C10H15N3O2/c1-2-8(3-5-11)7-13-6-4-9(14)12-10(13)15/h2,4,6,8H,1,3,5,7,11H2,(H,12,14,15). The molecule has 1 aromatic heterocycles. The zero-order valence-electron chi connectivity index (χ0n) is 8.48. The van der Waals surface area contributed by atoms with Gasteiger partial charge in [0.15, 0.2) is 0 Å². The third kappa shape index (κ3) is 3.21. The molecule has 0 aliphatic rings. The summed E-state index contributed by atoms with van der Waals surface area (Å²) in [5, 5.41) is 0. The van der Waals surface area contributed by atoms with Crippen molar-refractivity contribution in [1.82, 2.24) is 9.55 Å². The summed E-state index contributed by atoms with van der Waals surface area (Å²) in [6.45, 7) is 4.73. The van der Waals surface area contributed by atoms with E-state index >= 15 is 0 Å². The minimum atomic E-state index is -0.397. The fourth-order valence-electron chi connectivity index (χ4n) is 1.34. The van der Waals surface area contributed by atoms with Gasteiger partial charge < -0.3 is 10.3 Å². The molecule has 0 amide bonds. The molecule has 0 saturated carbocycles. The molecule has 1 rings (SSSR count). The monoisotopic (exact) mass is 209 g/mol. The summed E-state index contributed by atoms with van der Waals surface area (Å²) in [5.74, 6) is 0.151. The van der Waals surface area contributed by atoms with Crippen LogP contribution in [0.25, 0.3) is 0 Å². The number of H-pyrrole nitrogens is 1. The molecular formula is C10H15N3O2. The van der Waals surface area contributed by atoms with Crippen LogP contribution in [0.5, 0.6) is 0 Å².